The lowest BCUT2D eigenvalue weighted by atomic mass is 9.90. The van der Waals surface area contributed by atoms with Crippen molar-refractivity contribution in [1.29, 1.82) is 0 Å². The number of ketones is 1. The van der Waals surface area contributed by atoms with E-state index < -0.39 is 24.2 Å². The summed E-state index contributed by atoms with van der Waals surface area (Å²) < 4.78 is 0. The molecule has 27 heavy (non-hydrogen) atoms. The molecule has 0 amide bonds. The number of rotatable bonds is 19. The number of carboxylic acid groups (broad SMARTS) is 1. The third-order valence-corrected chi connectivity index (χ3v) is 5.25. The first kappa shape index (κ1) is 26.0. The summed E-state index contributed by atoms with van der Waals surface area (Å²) >= 11 is 0. The second-order valence-corrected chi connectivity index (χ2v) is 7.74. The number of aliphatic carboxylic acids is 1. The molecule has 2 atom stereocenters. The number of carboxylic acids is 1. The van der Waals surface area contributed by atoms with Gasteiger partial charge < -0.3 is 21.1 Å². The number of Topliss-reactive ketones (excluding diaryl/α,β-unsaturated/α-hetero) is 1. The van der Waals surface area contributed by atoms with Crippen molar-refractivity contribution in [1.82, 2.24) is 0 Å². The molecule has 6 nitrogen and oxygen atoms in total. The molecule has 0 spiro atoms. The Bertz CT molecular complexity index is 402. The third-order valence-electron chi connectivity index (χ3n) is 5.25. The fourth-order valence-corrected chi connectivity index (χ4v) is 3.17. The van der Waals surface area contributed by atoms with Crippen molar-refractivity contribution in [3.8, 4) is 0 Å². The molecule has 0 radical (unpaired) electrons. The molecule has 0 saturated carbocycles. The molecule has 0 bridgehead atoms. The average Bonchev–Trinajstić information content (AvgIpc) is 2.65. The van der Waals surface area contributed by atoms with Crippen LogP contribution in [0.3, 0.4) is 0 Å². The lowest BCUT2D eigenvalue weighted by molar-refractivity contribution is -0.150. The van der Waals surface area contributed by atoms with Gasteiger partial charge in [0.05, 0.1) is 12.7 Å². The number of nitrogens with two attached hydrogens (primary N) is 1. The van der Waals surface area contributed by atoms with Gasteiger partial charge in [0, 0.05) is 12.8 Å². The third kappa shape index (κ3) is 12.2. The predicted octanol–water partition coefficient (Wildman–Crippen LogP) is 3.56. The van der Waals surface area contributed by atoms with E-state index in [2.05, 4.69) is 6.92 Å². The Kier molecular flexibility index (Phi) is 15.4. The topological polar surface area (TPSA) is 121 Å². The largest absolute Gasteiger partial charge is 0.480 e. The smallest absolute Gasteiger partial charge is 0.328 e. The van der Waals surface area contributed by atoms with Crippen molar-refractivity contribution in [2.45, 2.75) is 115 Å². The quantitative estimate of drug-likeness (QED) is 0.251. The molecule has 5 N–H and O–H groups in total. The molecule has 0 aliphatic carbocycles. The monoisotopic (exact) mass is 387 g/mol. The normalized spacial score (nSPS) is 14.7. The minimum atomic E-state index is -1.96. The molecule has 0 aliphatic heterocycles. The van der Waals surface area contributed by atoms with Crippen LogP contribution in [0.15, 0.2) is 0 Å². The van der Waals surface area contributed by atoms with Crippen molar-refractivity contribution >= 4 is 11.8 Å². The molecule has 0 unspecified atom stereocenters. The minimum Gasteiger partial charge on any atom is -0.480 e. The fourth-order valence-electron chi connectivity index (χ4n) is 3.17. The standard InChI is InChI=1S/C21H41NO5/c1-2-3-4-11-14-18(24)15-12-9-7-5-6-8-10-13-16-19(25)21(22,17-23)20(26)27/h19,23,25H,2-17,22H2,1H3,(H,26,27)/t19-,21+/m0/s1. The van der Waals surface area contributed by atoms with Crippen LogP contribution < -0.4 is 5.73 Å². The zero-order valence-corrected chi connectivity index (χ0v) is 17.1. The molecule has 0 aromatic rings. The summed E-state index contributed by atoms with van der Waals surface area (Å²) in [4.78, 5) is 22.7. The van der Waals surface area contributed by atoms with Crippen LogP contribution in [0.5, 0.6) is 0 Å². The Hall–Kier alpha value is -0.980. The molecule has 0 aliphatic rings. The van der Waals surface area contributed by atoms with E-state index in [-0.39, 0.29) is 6.42 Å². The van der Waals surface area contributed by atoms with Gasteiger partial charge in [-0.15, -0.1) is 0 Å². The Balaban J connectivity index is 3.50. The first-order chi connectivity index (χ1) is 12.9. The van der Waals surface area contributed by atoms with Crippen molar-refractivity contribution in [3.05, 3.63) is 0 Å². The molecule has 0 rings (SSSR count). The van der Waals surface area contributed by atoms with E-state index in [1.165, 1.54) is 19.3 Å². The Morgan fingerprint density at radius 1 is 0.852 bits per heavy atom. The van der Waals surface area contributed by atoms with Gasteiger partial charge in [-0.05, 0) is 19.3 Å². The van der Waals surface area contributed by atoms with E-state index in [4.69, 9.17) is 15.9 Å². The van der Waals surface area contributed by atoms with Crippen LogP contribution in [-0.4, -0.2) is 45.3 Å². The van der Waals surface area contributed by atoms with Crippen LogP contribution in [-0.2, 0) is 9.59 Å². The zero-order chi connectivity index (χ0) is 20.5. The summed E-state index contributed by atoms with van der Waals surface area (Å²) in [6.07, 6.45) is 13.3. The molecule has 0 saturated heterocycles. The van der Waals surface area contributed by atoms with Gasteiger partial charge in [0.25, 0.3) is 0 Å². The van der Waals surface area contributed by atoms with Crippen LogP contribution in [0.25, 0.3) is 0 Å². The van der Waals surface area contributed by atoms with Gasteiger partial charge in [0.15, 0.2) is 5.54 Å². The van der Waals surface area contributed by atoms with Gasteiger partial charge in [-0.1, -0.05) is 71.1 Å². The van der Waals surface area contributed by atoms with Crippen LogP contribution in [0.1, 0.15) is 103 Å². The first-order valence-electron chi connectivity index (χ1n) is 10.7. The van der Waals surface area contributed by atoms with Gasteiger partial charge >= 0.3 is 5.97 Å². The highest BCUT2D eigenvalue weighted by atomic mass is 16.4. The zero-order valence-electron chi connectivity index (χ0n) is 17.1. The second-order valence-electron chi connectivity index (χ2n) is 7.74. The first-order valence-corrected chi connectivity index (χ1v) is 10.7. The number of hydrogen-bond acceptors (Lipinski definition) is 5. The summed E-state index contributed by atoms with van der Waals surface area (Å²) in [7, 11) is 0. The van der Waals surface area contributed by atoms with Gasteiger partial charge in [-0.3, -0.25) is 9.59 Å². The van der Waals surface area contributed by atoms with Gasteiger partial charge in [-0.2, -0.15) is 0 Å². The number of hydrogen-bond donors (Lipinski definition) is 4. The number of aliphatic hydroxyl groups excluding tert-OH is 2. The highest BCUT2D eigenvalue weighted by molar-refractivity contribution is 5.79. The van der Waals surface area contributed by atoms with Gasteiger partial charge in [0.2, 0.25) is 0 Å². The highest BCUT2D eigenvalue weighted by Crippen LogP contribution is 2.16. The maximum absolute atomic E-state index is 11.7. The van der Waals surface area contributed by atoms with Crippen LogP contribution in [0.2, 0.25) is 0 Å². The van der Waals surface area contributed by atoms with Crippen molar-refractivity contribution < 1.29 is 24.9 Å². The minimum absolute atomic E-state index is 0.281. The second kappa shape index (κ2) is 16.0. The lowest BCUT2D eigenvalue weighted by Gasteiger charge is -2.27. The Morgan fingerprint density at radius 3 is 1.74 bits per heavy atom. The summed E-state index contributed by atoms with van der Waals surface area (Å²) in [6, 6.07) is 0. The number of carbonyl (C=O) groups excluding carboxylic acids is 1. The maximum atomic E-state index is 11.7. The predicted molar refractivity (Wildman–Crippen MR) is 108 cm³/mol. The number of aliphatic hydroxyl groups is 2. The number of carbonyl (C=O) groups is 2. The average molecular weight is 388 g/mol. The van der Waals surface area contributed by atoms with E-state index >= 15 is 0 Å². The molecule has 0 aromatic carbocycles. The fraction of sp³-hybridized carbons (Fsp3) is 0.905. The van der Waals surface area contributed by atoms with Crippen molar-refractivity contribution in [2.75, 3.05) is 6.61 Å². The summed E-state index contributed by atoms with van der Waals surface area (Å²) in [5.74, 6) is -0.971. The van der Waals surface area contributed by atoms with E-state index in [1.54, 1.807) is 0 Å². The Labute approximate surface area is 164 Å². The lowest BCUT2D eigenvalue weighted by Crippen LogP contribution is -2.60. The highest BCUT2D eigenvalue weighted by Gasteiger charge is 2.40. The molecular weight excluding hydrogens is 346 g/mol. The Morgan fingerprint density at radius 2 is 1.30 bits per heavy atom. The molecule has 0 aromatic heterocycles. The van der Waals surface area contributed by atoms with Crippen LogP contribution >= 0.6 is 0 Å². The maximum Gasteiger partial charge on any atom is 0.328 e. The molecule has 0 heterocycles. The van der Waals surface area contributed by atoms with Gasteiger partial charge in [0.1, 0.15) is 5.78 Å². The van der Waals surface area contributed by atoms with E-state index in [1.807, 2.05) is 0 Å². The van der Waals surface area contributed by atoms with E-state index in [0.29, 0.717) is 12.2 Å². The summed E-state index contributed by atoms with van der Waals surface area (Å²) in [6.45, 7) is 1.40. The molecule has 160 valence electrons. The van der Waals surface area contributed by atoms with Crippen LogP contribution in [0, 0.1) is 0 Å². The summed E-state index contributed by atoms with van der Waals surface area (Å²) in [5.41, 5.74) is 3.57. The van der Waals surface area contributed by atoms with Gasteiger partial charge in [-0.25, -0.2) is 0 Å². The van der Waals surface area contributed by atoms with Crippen molar-refractivity contribution in [2.24, 2.45) is 5.73 Å². The summed E-state index contributed by atoms with van der Waals surface area (Å²) in [5, 5.41) is 27.9. The van der Waals surface area contributed by atoms with Crippen molar-refractivity contribution in [3.63, 3.8) is 0 Å². The SMILES string of the molecule is CCCCCCC(=O)CCCCCCCCCC[C@H](O)[C@](N)(CO)C(=O)O. The van der Waals surface area contributed by atoms with E-state index in [9.17, 15) is 14.7 Å². The number of unbranched alkanes of at least 4 members (excludes halogenated alkanes) is 10. The molecule has 0 fully saturated rings. The van der Waals surface area contributed by atoms with E-state index in [0.717, 1.165) is 64.2 Å². The molecule has 6 heteroatoms. The molecular formula is C21H41NO5. The van der Waals surface area contributed by atoms with Crippen LogP contribution in [0.4, 0.5) is 0 Å².